The zero-order chi connectivity index (χ0) is 13.7. The standard InChI is InChI=1S/C17H21NO/c1-3-14-6-4-5-7-16(14)17(12-19)18-15-10-8-13(2)9-11-15/h4-11,17-19H,3,12H2,1-2H3. The smallest absolute Gasteiger partial charge is 0.0747 e. The maximum Gasteiger partial charge on any atom is 0.0747 e. The summed E-state index contributed by atoms with van der Waals surface area (Å²) < 4.78 is 0. The third-order valence-corrected chi connectivity index (χ3v) is 3.39. The van der Waals surface area contributed by atoms with E-state index in [4.69, 9.17) is 0 Å². The van der Waals surface area contributed by atoms with Crippen LogP contribution in [0.4, 0.5) is 5.69 Å². The normalized spacial score (nSPS) is 12.2. The zero-order valence-corrected chi connectivity index (χ0v) is 11.6. The molecule has 0 aliphatic carbocycles. The van der Waals surface area contributed by atoms with Crippen LogP contribution >= 0.6 is 0 Å². The average molecular weight is 255 g/mol. The first-order chi connectivity index (χ1) is 9.24. The summed E-state index contributed by atoms with van der Waals surface area (Å²) in [6.45, 7) is 4.30. The molecule has 0 saturated carbocycles. The van der Waals surface area contributed by atoms with Crippen LogP contribution in [0.2, 0.25) is 0 Å². The van der Waals surface area contributed by atoms with Gasteiger partial charge in [0, 0.05) is 5.69 Å². The van der Waals surface area contributed by atoms with Crippen LogP contribution in [-0.4, -0.2) is 11.7 Å². The molecule has 2 N–H and O–H groups in total. The SMILES string of the molecule is CCc1ccccc1C(CO)Nc1ccc(C)cc1. The highest BCUT2D eigenvalue weighted by atomic mass is 16.3. The largest absolute Gasteiger partial charge is 0.394 e. The molecular weight excluding hydrogens is 234 g/mol. The molecule has 0 spiro atoms. The summed E-state index contributed by atoms with van der Waals surface area (Å²) in [5.74, 6) is 0. The van der Waals surface area contributed by atoms with E-state index < -0.39 is 0 Å². The van der Waals surface area contributed by atoms with E-state index in [1.807, 2.05) is 24.3 Å². The van der Waals surface area contributed by atoms with Gasteiger partial charge in [-0.05, 0) is 36.6 Å². The summed E-state index contributed by atoms with van der Waals surface area (Å²) in [5, 5.41) is 13.0. The van der Waals surface area contributed by atoms with Crippen molar-refractivity contribution >= 4 is 5.69 Å². The number of hydrogen-bond acceptors (Lipinski definition) is 2. The summed E-state index contributed by atoms with van der Waals surface area (Å²) in [7, 11) is 0. The van der Waals surface area contributed by atoms with Crippen molar-refractivity contribution in [2.45, 2.75) is 26.3 Å². The molecule has 0 amide bonds. The minimum absolute atomic E-state index is 0.0566. The van der Waals surface area contributed by atoms with Crippen LogP contribution < -0.4 is 5.32 Å². The predicted molar refractivity (Wildman–Crippen MR) is 80.4 cm³/mol. The van der Waals surface area contributed by atoms with Gasteiger partial charge in [-0.1, -0.05) is 48.9 Å². The Morgan fingerprint density at radius 1 is 1.05 bits per heavy atom. The van der Waals surface area contributed by atoms with Crippen molar-refractivity contribution in [1.82, 2.24) is 0 Å². The molecule has 2 nitrogen and oxygen atoms in total. The van der Waals surface area contributed by atoms with E-state index in [-0.39, 0.29) is 12.6 Å². The fraction of sp³-hybridized carbons (Fsp3) is 0.294. The molecule has 1 atom stereocenters. The fourth-order valence-electron chi connectivity index (χ4n) is 2.27. The molecule has 19 heavy (non-hydrogen) atoms. The highest BCUT2D eigenvalue weighted by molar-refractivity contribution is 5.47. The quantitative estimate of drug-likeness (QED) is 0.853. The van der Waals surface area contributed by atoms with Gasteiger partial charge in [0.15, 0.2) is 0 Å². The molecule has 2 aromatic carbocycles. The van der Waals surface area contributed by atoms with E-state index in [1.54, 1.807) is 0 Å². The van der Waals surface area contributed by atoms with Crippen LogP contribution in [0.3, 0.4) is 0 Å². The molecule has 0 aliphatic rings. The van der Waals surface area contributed by atoms with E-state index in [9.17, 15) is 5.11 Å². The molecule has 2 aromatic rings. The maximum atomic E-state index is 9.65. The summed E-state index contributed by atoms with van der Waals surface area (Å²) >= 11 is 0. The maximum absolute atomic E-state index is 9.65. The van der Waals surface area contributed by atoms with Gasteiger partial charge in [0.2, 0.25) is 0 Å². The molecule has 2 rings (SSSR count). The van der Waals surface area contributed by atoms with E-state index in [0.717, 1.165) is 12.1 Å². The van der Waals surface area contributed by atoms with Crippen LogP contribution in [0, 0.1) is 6.92 Å². The molecule has 0 aliphatic heterocycles. The van der Waals surface area contributed by atoms with Crippen molar-refractivity contribution in [3.05, 3.63) is 65.2 Å². The molecule has 0 saturated heterocycles. The monoisotopic (exact) mass is 255 g/mol. The first-order valence-corrected chi connectivity index (χ1v) is 6.76. The predicted octanol–water partition coefficient (Wildman–Crippen LogP) is 3.70. The molecule has 1 unspecified atom stereocenters. The first-order valence-electron chi connectivity index (χ1n) is 6.76. The Balaban J connectivity index is 2.22. The van der Waals surface area contributed by atoms with Crippen molar-refractivity contribution in [3.8, 4) is 0 Å². The third kappa shape index (κ3) is 3.36. The lowest BCUT2D eigenvalue weighted by atomic mass is 9.98. The lowest BCUT2D eigenvalue weighted by Gasteiger charge is -2.21. The second-order valence-corrected chi connectivity index (χ2v) is 4.80. The number of nitrogens with one attached hydrogen (secondary N) is 1. The van der Waals surface area contributed by atoms with Crippen LogP contribution in [0.5, 0.6) is 0 Å². The van der Waals surface area contributed by atoms with Crippen molar-refractivity contribution in [1.29, 1.82) is 0 Å². The lowest BCUT2D eigenvalue weighted by Crippen LogP contribution is -2.16. The van der Waals surface area contributed by atoms with Crippen LogP contribution in [0.15, 0.2) is 48.5 Å². The summed E-state index contributed by atoms with van der Waals surface area (Å²) in [6, 6.07) is 16.5. The Bertz CT molecular complexity index is 519. The lowest BCUT2D eigenvalue weighted by molar-refractivity contribution is 0.276. The number of rotatable bonds is 5. The summed E-state index contributed by atoms with van der Waals surface area (Å²) in [6.07, 6.45) is 0.974. The molecule has 0 aromatic heterocycles. The van der Waals surface area contributed by atoms with Crippen molar-refractivity contribution < 1.29 is 5.11 Å². The molecule has 0 fully saturated rings. The zero-order valence-electron chi connectivity index (χ0n) is 11.6. The van der Waals surface area contributed by atoms with Crippen molar-refractivity contribution in [3.63, 3.8) is 0 Å². The van der Waals surface area contributed by atoms with Gasteiger partial charge in [-0.15, -0.1) is 0 Å². The van der Waals surface area contributed by atoms with Crippen LogP contribution in [0.1, 0.15) is 29.7 Å². The highest BCUT2D eigenvalue weighted by Gasteiger charge is 2.13. The fourth-order valence-corrected chi connectivity index (χ4v) is 2.27. The average Bonchev–Trinajstić information content (AvgIpc) is 2.46. The summed E-state index contributed by atoms with van der Waals surface area (Å²) in [4.78, 5) is 0. The topological polar surface area (TPSA) is 32.3 Å². The number of hydrogen-bond donors (Lipinski definition) is 2. The third-order valence-electron chi connectivity index (χ3n) is 3.39. The molecular formula is C17H21NO. The number of aryl methyl sites for hydroxylation is 2. The van der Waals surface area contributed by atoms with Gasteiger partial charge in [0.25, 0.3) is 0 Å². The summed E-state index contributed by atoms with van der Waals surface area (Å²) in [5.41, 5.74) is 4.73. The van der Waals surface area contributed by atoms with Crippen LogP contribution in [-0.2, 0) is 6.42 Å². The second kappa shape index (κ2) is 6.39. The molecule has 0 heterocycles. The minimum Gasteiger partial charge on any atom is -0.394 e. The molecule has 2 heteroatoms. The van der Waals surface area contributed by atoms with E-state index in [1.165, 1.54) is 16.7 Å². The van der Waals surface area contributed by atoms with Gasteiger partial charge in [-0.2, -0.15) is 0 Å². The molecule has 0 bridgehead atoms. The van der Waals surface area contributed by atoms with E-state index >= 15 is 0 Å². The Kier molecular flexibility index (Phi) is 4.58. The highest BCUT2D eigenvalue weighted by Crippen LogP contribution is 2.23. The van der Waals surface area contributed by atoms with Crippen LogP contribution in [0.25, 0.3) is 0 Å². The number of aliphatic hydroxyl groups excluding tert-OH is 1. The van der Waals surface area contributed by atoms with Gasteiger partial charge in [0.05, 0.1) is 12.6 Å². The first kappa shape index (κ1) is 13.6. The minimum atomic E-state index is -0.0566. The number of anilines is 1. The Hall–Kier alpha value is -1.80. The number of aliphatic hydroxyl groups is 1. The van der Waals surface area contributed by atoms with Gasteiger partial charge < -0.3 is 10.4 Å². The molecule has 100 valence electrons. The Morgan fingerprint density at radius 2 is 1.74 bits per heavy atom. The van der Waals surface area contributed by atoms with Gasteiger partial charge >= 0.3 is 0 Å². The van der Waals surface area contributed by atoms with E-state index in [2.05, 4.69) is 43.4 Å². The Morgan fingerprint density at radius 3 is 2.37 bits per heavy atom. The Labute approximate surface area is 115 Å². The number of benzene rings is 2. The molecule has 0 radical (unpaired) electrons. The second-order valence-electron chi connectivity index (χ2n) is 4.80. The van der Waals surface area contributed by atoms with E-state index in [0.29, 0.717) is 0 Å². The van der Waals surface area contributed by atoms with Gasteiger partial charge in [-0.25, -0.2) is 0 Å². The van der Waals surface area contributed by atoms with Gasteiger partial charge in [-0.3, -0.25) is 0 Å². The van der Waals surface area contributed by atoms with Gasteiger partial charge in [0.1, 0.15) is 0 Å². The van der Waals surface area contributed by atoms with Crippen molar-refractivity contribution in [2.24, 2.45) is 0 Å². The van der Waals surface area contributed by atoms with Crippen molar-refractivity contribution in [2.75, 3.05) is 11.9 Å².